The van der Waals surface area contributed by atoms with Crippen molar-refractivity contribution in [2.24, 2.45) is 0 Å². The van der Waals surface area contributed by atoms with E-state index in [4.69, 9.17) is 5.26 Å². The Morgan fingerprint density at radius 1 is 1.44 bits per heavy atom. The summed E-state index contributed by atoms with van der Waals surface area (Å²) in [6, 6.07) is 7.75. The lowest BCUT2D eigenvalue weighted by Crippen LogP contribution is -2.28. The minimum Gasteiger partial charge on any atom is -0.387 e. The lowest BCUT2D eigenvalue weighted by atomic mass is 9.99. The van der Waals surface area contributed by atoms with Crippen LogP contribution in [0.2, 0.25) is 0 Å². The number of hydrogen-bond acceptors (Lipinski definition) is 3. The molecule has 0 aliphatic carbocycles. The molecule has 2 atom stereocenters. The summed E-state index contributed by atoms with van der Waals surface area (Å²) in [5.41, 5.74) is 2.46. The molecule has 3 N–H and O–H groups in total. The number of aromatic amines is 1. The molecule has 18 heavy (non-hydrogen) atoms. The normalized spacial score (nSPS) is 21.0. The van der Waals surface area contributed by atoms with Crippen LogP contribution in [0.4, 0.5) is 0 Å². The van der Waals surface area contributed by atoms with Crippen molar-refractivity contribution in [2.45, 2.75) is 25.0 Å². The highest BCUT2D eigenvalue weighted by Crippen LogP contribution is 2.29. The van der Waals surface area contributed by atoms with Gasteiger partial charge in [-0.2, -0.15) is 5.26 Å². The third kappa shape index (κ3) is 1.78. The average Bonchev–Trinajstić information content (AvgIpc) is 3.06. The first kappa shape index (κ1) is 11.3. The van der Waals surface area contributed by atoms with Crippen LogP contribution in [0.5, 0.6) is 0 Å². The van der Waals surface area contributed by atoms with Crippen molar-refractivity contribution in [1.82, 2.24) is 10.3 Å². The van der Waals surface area contributed by atoms with E-state index < -0.39 is 6.10 Å². The molecule has 1 saturated heterocycles. The Kier molecular flexibility index (Phi) is 2.78. The predicted octanol–water partition coefficient (Wildman–Crippen LogP) is 1.82. The molecule has 0 saturated carbocycles. The van der Waals surface area contributed by atoms with Gasteiger partial charge in [0.05, 0.1) is 17.7 Å². The second kappa shape index (κ2) is 4.45. The van der Waals surface area contributed by atoms with Crippen LogP contribution in [0.1, 0.15) is 30.1 Å². The summed E-state index contributed by atoms with van der Waals surface area (Å²) in [7, 11) is 0. The van der Waals surface area contributed by atoms with Gasteiger partial charge in [-0.25, -0.2) is 0 Å². The molecule has 92 valence electrons. The van der Waals surface area contributed by atoms with Crippen LogP contribution >= 0.6 is 0 Å². The van der Waals surface area contributed by atoms with Gasteiger partial charge < -0.3 is 15.4 Å². The first-order chi connectivity index (χ1) is 8.79. The molecule has 1 aromatic heterocycles. The molecule has 1 aliphatic heterocycles. The van der Waals surface area contributed by atoms with Gasteiger partial charge in [-0.15, -0.1) is 0 Å². The Hall–Kier alpha value is -1.83. The molecule has 2 heterocycles. The molecule has 0 bridgehead atoms. The topological polar surface area (TPSA) is 71.8 Å². The molecule has 4 heteroatoms. The fourth-order valence-electron chi connectivity index (χ4n) is 2.65. The van der Waals surface area contributed by atoms with Gasteiger partial charge in [0.25, 0.3) is 0 Å². The summed E-state index contributed by atoms with van der Waals surface area (Å²) in [6.45, 7) is 0.966. The first-order valence-corrected chi connectivity index (χ1v) is 6.22. The Balaban J connectivity index is 2.03. The average molecular weight is 241 g/mol. The monoisotopic (exact) mass is 241 g/mol. The number of nitrogens with zero attached hydrogens (tertiary/aromatic N) is 1. The lowest BCUT2D eigenvalue weighted by Gasteiger charge is -2.17. The van der Waals surface area contributed by atoms with E-state index in [1.807, 2.05) is 18.3 Å². The van der Waals surface area contributed by atoms with Crippen molar-refractivity contribution in [3.05, 3.63) is 35.5 Å². The summed E-state index contributed by atoms with van der Waals surface area (Å²) in [6.07, 6.45) is 3.42. The number of aliphatic hydroxyl groups is 1. The second-order valence-electron chi connectivity index (χ2n) is 4.76. The molecule has 1 aliphatic rings. The van der Waals surface area contributed by atoms with E-state index in [1.54, 1.807) is 6.07 Å². The Morgan fingerprint density at radius 3 is 3.06 bits per heavy atom. The number of aliphatic hydroxyl groups excluding tert-OH is 1. The van der Waals surface area contributed by atoms with E-state index in [0.29, 0.717) is 5.56 Å². The third-order valence-electron chi connectivity index (χ3n) is 3.64. The van der Waals surface area contributed by atoms with Crippen LogP contribution in [0.15, 0.2) is 24.4 Å². The fraction of sp³-hybridized carbons (Fsp3) is 0.357. The summed E-state index contributed by atoms with van der Waals surface area (Å²) in [5.74, 6) is 0. The van der Waals surface area contributed by atoms with Crippen LogP contribution in [0.3, 0.4) is 0 Å². The molecule has 1 fully saturated rings. The number of rotatable bonds is 2. The maximum absolute atomic E-state index is 10.4. The van der Waals surface area contributed by atoms with Gasteiger partial charge in [0.2, 0.25) is 0 Å². The molecule has 0 spiro atoms. The minimum absolute atomic E-state index is 0.120. The number of aromatic nitrogens is 1. The van der Waals surface area contributed by atoms with Crippen molar-refractivity contribution < 1.29 is 5.11 Å². The summed E-state index contributed by atoms with van der Waals surface area (Å²) >= 11 is 0. The van der Waals surface area contributed by atoms with Gasteiger partial charge in [0, 0.05) is 28.7 Å². The maximum Gasteiger partial charge on any atom is 0.0991 e. The predicted molar refractivity (Wildman–Crippen MR) is 69.0 cm³/mol. The van der Waals surface area contributed by atoms with Crippen LogP contribution in [0, 0.1) is 11.3 Å². The van der Waals surface area contributed by atoms with Gasteiger partial charge >= 0.3 is 0 Å². The Morgan fingerprint density at radius 2 is 2.33 bits per heavy atom. The summed E-state index contributed by atoms with van der Waals surface area (Å²) in [5, 5.41) is 23.6. The molecule has 1 aromatic carbocycles. The lowest BCUT2D eigenvalue weighted by molar-refractivity contribution is 0.139. The number of hydrogen-bond donors (Lipinski definition) is 3. The van der Waals surface area contributed by atoms with Crippen molar-refractivity contribution >= 4 is 10.9 Å². The quantitative estimate of drug-likeness (QED) is 0.751. The van der Waals surface area contributed by atoms with Crippen molar-refractivity contribution in [1.29, 1.82) is 5.26 Å². The Labute approximate surface area is 105 Å². The largest absolute Gasteiger partial charge is 0.387 e. The van der Waals surface area contributed by atoms with E-state index in [0.717, 1.165) is 35.9 Å². The van der Waals surface area contributed by atoms with Crippen LogP contribution < -0.4 is 5.32 Å². The van der Waals surface area contributed by atoms with Gasteiger partial charge in [0.15, 0.2) is 0 Å². The fourth-order valence-corrected chi connectivity index (χ4v) is 2.65. The standard InChI is InChI=1S/C14H15N3O/c15-7-9-3-4-12-10(6-9)11(8-17-12)14(18)13-2-1-5-16-13/h3-4,6,8,13-14,16-18H,1-2,5H2. The second-order valence-corrected chi connectivity index (χ2v) is 4.76. The van der Waals surface area contributed by atoms with E-state index in [2.05, 4.69) is 16.4 Å². The smallest absolute Gasteiger partial charge is 0.0991 e. The van der Waals surface area contributed by atoms with Crippen LogP contribution in [0.25, 0.3) is 10.9 Å². The zero-order valence-electron chi connectivity index (χ0n) is 9.98. The molecule has 2 aromatic rings. The number of nitriles is 1. The van der Waals surface area contributed by atoms with Gasteiger partial charge in [-0.05, 0) is 37.6 Å². The number of nitrogens with one attached hydrogen (secondary N) is 2. The van der Waals surface area contributed by atoms with E-state index in [-0.39, 0.29) is 6.04 Å². The van der Waals surface area contributed by atoms with Crippen LogP contribution in [-0.2, 0) is 0 Å². The molecular weight excluding hydrogens is 226 g/mol. The van der Waals surface area contributed by atoms with E-state index >= 15 is 0 Å². The maximum atomic E-state index is 10.4. The molecule has 3 rings (SSSR count). The first-order valence-electron chi connectivity index (χ1n) is 6.22. The zero-order chi connectivity index (χ0) is 12.5. The molecule has 2 unspecified atom stereocenters. The highest BCUT2D eigenvalue weighted by molar-refractivity contribution is 5.85. The minimum atomic E-state index is -0.518. The van der Waals surface area contributed by atoms with Crippen molar-refractivity contribution in [3.8, 4) is 6.07 Å². The zero-order valence-corrected chi connectivity index (χ0v) is 9.98. The Bertz CT molecular complexity index is 605. The highest BCUT2D eigenvalue weighted by Gasteiger charge is 2.25. The van der Waals surface area contributed by atoms with Gasteiger partial charge in [0.1, 0.15) is 0 Å². The summed E-state index contributed by atoms with van der Waals surface area (Å²) in [4.78, 5) is 3.15. The van der Waals surface area contributed by atoms with Gasteiger partial charge in [-0.1, -0.05) is 0 Å². The van der Waals surface area contributed by atoms with E-state index in [9.17, 15) is 5.11 Å². The molecule has 0 amide bonds. The SMILES string of the molecule is N#Cc1ccc2[nH]cc(C(O)C3CCCN3)c2c1. The van der Waals surface area contributed by atoms with Crippen molar-refractivity contribution in [3.63, 3.8) is 0 Å². The highest BCUT2D eigenvalue weighted by atomic mass is 16.3. The van der Waals surface area contributed by atoms with Gasteiger partial charge in [-0.3, -0.25) is 0 Å². The molecule has 4 nitrogen and oxygen atoms in total. The number of fused-ring (bicyclic) bond motifs is 1. The van der Waals surface area contributed by atoms with Crippen LogP contribution in [-0.4, -0.2) is 22.7 Å². The van der Waals surface area contributed by atoms with Crippen molar-refractivity contribution in [2.75, 3.05) is 6.54 Å². The summed E-state index contributed by atoms with van der Waals surface area (Å²) < 4.78 is 0. The molecular formula is C14H15N3O. The number of H-pyrrole nitrogens is 1. The van der Waals surface area contributed by atoms with E-state index in [1.165, 1.54) is 0 Å². The third-order valence-corrected chi connectivity index (χ3v) is 3.64. The number of benzene rings is 1. The molecule has 0 radical (unpaired) electrons.